The summed E-state index contributed by atoms with van der Waals surface area (Å²) in [5.74, 6) is -1.27. The van der Waals surface area contributed by atoms with Crippen LogP contribution < -0.4 is 5.01 Å². The monoisotopic (exact) mass is 346 g/mol. The molecule has 1 N–H and O–H groups in total. The number of fused-ring (bicyclic) bond motifs is 1. The standard InChI is InChI=1S/C20H14N2O4/c1-12-17(11-13-2-7-18-15(10-13)8-9-26-18)19(23)22(21-12)16-5-3-14(4-6-16)20(24)25/h2-11H,1H3,(H,24,25)/b17-11-. The SMILES string of the molecule is CC1=NN(c2ccc(C(=O)O)cc2)C(=O)/C1=C\c1ccc2occc2c1. The molecule has 1 amide bonds. The van der Waals surface area contributed by atoms with Crippen LogP contribution in [0.3, 0.4) is 0 Å². The van der Waals surface area contributed by atoms with Crippen molar-refractivity contribution in [3.05, 3.63) is 71.5 Å². The zero-order chi connectivity index (χ0) is 18.3. The van der Waals surface area contributed by atoms with Crippen molar-refractivity contribution in [3.63, 3.8) is 0 Å². The second-order valence-electron chi connectivity index (χ2n) is 5.93. The first-order valence-electron chi connectivity index (χ1n) is 7.95. The zero-order valence-corrected chi connectivity index (χ0v) is 13.8. The predicted molar refractivity (Wildman–Crippen MR) is 98.2 cm³/mol. The number of amides is 1. The number of hydrazone groups is 1. The molecule has 0 saturated heterocycles. The van der Waals surface area contributed by atoms with E-state index in [1.54, 1.807) is 31.4 Å². The van der Waals surface area contributed by atoms with E-state index < -0.39 is 5.97 Å². The summed E-state index contributed by atoms with van der Waals surface area (Å²) in [5.41, 5.74) is 3.44. The molecule has 2 heterocycles. The van der Waals surface area contributed by atoms with Gasteiger partial charge in [-0.1, -0.05) is 6.07 Å². The number of hydrogen-bond acceptors (Lipinski definition) is 4. The molecule has 6 nitrogen and oxygen atoms in total. The van der Waals surface area contributed by atoms with Crippen molar-refractivity contribution in [3.8, 4) is 0 Å². The predicted octanol–water partition coefficient (Wildman–Crippen LogP) is 3.94. The third-order valence-electron chi connectivity index (χ3n) is 4.21. The Morgan fingerprint density at radius 2 is 1.92 bits per heavy atom. The lowest BCUT2D eigenvalue weighted by Gasteiger charge is -2.11. The maximum atomic E-state index is 12.8. The van der Waals surface area contributed by atoms with Crippen LogP contribution >= 0.6 is 0 Å². The minimum absolute atomic E-state index is 0.158. The van der Waals surface area contributed by atoms with Crippen molar-refractivity contribution < 1.29 is 19.1 Å². The molecular formula is C20H14N2O4. The number of carbonyl (C=O) groups is 2. The first-order valence-corrected chi connectivity index (χ1v) is 7.95. The van der Waals surface area contributed by atoms with Gasteiger partial charge >= 0.3 is 5.97 Å². The Kier molecular flexibility index (Phi) is 3.65. The molecule has 0 radical (unpaired) electrons. The first kappa shape index (κ1) is 15.8. The van der Waals surface area contributed by atoms with Crippen LogP contribution in [0.1, 0.15) is 22.8 Å². The van der Waals surface area contributed by atoms with Crippen LogP contribution in [0.2, 0.25) is 0 Å². The zero-order valence-electron chi connectivity index (χ0n) is 13.8. The number of carboxylic acids is 1. The van der Waals surface area contributed by atoms with Gasteiger partial charge in [-0.25, -0.2) is 4.79 Å². The van der Waals surface area contributed by atoms with E-state index in [0.29, 0.717) is 17.0 Å². The van der Waals surface area contributed by atoms with Crippen molar-refractivity contribution in [1.29, 1.82) is 0 Å². The Hall–Kier alpha value is -3.67. The molecule has 6 heteroatoms. The highest BCUT2D eigenvalue weighted by atomic mass is 16.4. The van der Waals surface area contributed by atoms with Crippen LogP contribution in [0.15, 0.2) is 69.9 Å². The van der Waals surface area contributed by atoms with Crippen LogP contribution in [-0.4, -0.2) is 22.7 Å². The summed E-state index contributed by atoms with van der Waals surface area (Å²) in [7, 11) is 0. The third kappa shape index (κ3) is 2.67. The summed E-state index contributed by atoms with van der Waals surface area (Å²) in [6, 6.07) is 13.6. The van der Waals surface area contributed by atoms with Gasteiger partial charge in [0.05, 0.1) is 28.8 Å². The van der Waals surface area contributed by atoms with Crippen LogP contribution in [0.5, 0.6) is 0 Å². The number of rotatable bonds is 3. The normalized spacial score (nSPS) is 15.7. The second kappa shape index (κ2) is 6.00. The van der Waals surface area contributed by atoms with Gasteiger partial charge in [-0.15, -0.1) is 0 Å². The lowest BCUT2D eigenvalue weighted by Crippen LogP contribution is -2.21. The van der Waals surface area contributed by atoms with E-state index in [9.17, 15) is 9.59 Å². The molecule has 0 aliphatic carbocycles. The summed E-state index contributed by atoms with van der Waals surface area (Å²) >= 11 is 0. The smallest absolute Gasteiger partial charge is 0.335 e. The van der Waals surface area contributed by atoms with E-state index in [4.69, 9.17) is 9.52 Å². The van der Waals surface area contributed by atoms with Gasteiger partial charge in [0.1, 0.15) is 5.58 Å². The third-order valence-corrected chi connectivity index (χ3v) is 4.21. The molecule has 0 spiro atoms. The van der Waals surface area contributed by atoms with Crippen LogP contribution in [0.25, 0.3) is 17.0 Å². The number of carbonyl (C=O) groups excluding carboxylic acids is 1. The highest BCUT2D eigenvalue weighted by Crippen LogP contribution is 2.26. The van der Waals surface area contributed by atoms with Gasteiger partial charge < -0.3 is 9.52 Å². The molecule has 0 unspecified atom stereocenters. The molecule has 26 heavy (non-hydrogen) atoms. The highest BCUT2D eigenvalue weighted by Gasteiger charge is 2.28. The number of furan rings is 1. The molecule has 0 saturated carbocycles. The molecule has 2 aromatic carbocycles. The van der Waals surface area contributed by atoms with Gasteiger partial charge in [0, 0.05) is 5.39 Å². The summed E-state index contributed by atoms with van der Waals surface area (Å²) in [6.45, 7) is 1.77. The average Bonchev–Trinajstić information content (AvgIpc) is 3.21. The van der Waals surface area contributed by atoms with Crippen LogP contribution in [0.4, 0.5) is 5.69 Å². The van der Waals surface area contributed by atoms with Crippen molar-refractivity contribution in [1.82, 2.24) is 0 Å². The maximum Gasteiger partial charge on any atom is 0.335 e. The average molecular weight is 346 g/mol. The van der Waals surface area contributed by atoms with Gasteiger partial charge in [-0.2, -0.15) is 10.1 Å². The quantitative estimate of drug-likeness (QED) is 0.728. The largest absolute Gasteiger partial charge is 0.478 e. The number of nitrogens with zero attached hydrogens (tertiary/aromatic N) is 2. The van der Waals surface area contributed by atoms with Crippen molar-refractivity contribution in [2.75, 3.05) is 5.01 Å². The number of anilines is 1. The fourth-order valence-corrected chi connectivity index (χ4v) is 2.85. The van der Waals surface area contributed by atoms with E-state index in [1.165, 1.54) is 17.1 Å². The van der Waals surface area contributed by atoms with Crippen LogP contribution in [0, 0.1) is 0 Å². The molecule has 3 aromatic rings. The van der Waals surface area contributed by atoms with E-state index in [-0.39, 0.29) is 11.5 Å². The van der Waals surface area contributed by atoms with Crippen molar-refractivity contribution >= 4 is 40.3 Å². The van der Waals surface area contributed by atoms with E-state index in [1.807, 2.05) is 24.3 Å². The molecular weight excluding hydrogens is 332 g/mol. The molecule has 1 aromatic heterocycles. The fraction of sp³-hybridized carbons (Fsp3) is 0.0500. The molecule has 0 fully saturated rings. The van der Waals surface area contributed by atoms with Crippen molar-refractivity contribution in [2.24, 2.45) is 5.10 Å². The first-order chi connectivity index (χ1) is 12.5. The van der Waals surface area contributed by atoms with Gasteiger partial charge in [-0.05, 0) is 61.0 Å². The summed E-state index contributed by atoms with van der Waals surface area (Å²) in [6.07, 6.45) is 3.41. The highest BCUT2D eigenvalue weighted by molar-refractivity contribution is 6.32. The number of hydrogen-bond donors (Lipinski definition) is 1. The Morgan fingerprint density at radius 3 is 2.65 bits per heavy atom. The maximum absolute atomic E-state index is 12.8. The lowest BCUT2D eigenvalue weighted by atomic mass is 10.1. The lowest BCUT2D eigenvalue weighted by molar-refractivity contribution is -0.114. The molecule has 0 atom stereocenters. The molecule has 0 bridgehead atoms. The number of benzene rings is 2. The Morgan fingerprint density at radius 1 is 1.15 bits per heavy atom. The molecule has 4 rings (SSSR count). The Bertz CT molecular complexity index is 1090. The van der Waals surface area contributed by atoms with E-state index in [0.717, 1.165) is 16.5 Å². The van der Waals surface area contributed by atoms with Gasteiger partial charge in [0.15, 0.2) is 0 Å². The fourth-order valence-electron chi connectivity index (χ4n) is 2.85. The summed E-state index contributed by atoms with van der Waals surface area (Å²) in [4.78, 5) is 23.7. The van der Waals surface area contributed by atoms with Gasteiger partial charge in [0.25, 0.3) is 5.91 Å². The minimum Gasteiger partial charge on any atom is -0.478 e. The number of aromatic carboxylic acids is 1. The summed E-state index contributed by atoms with van der Waals surface area (Å²) < 4.78 is 5.33. The summed E-state index contributed by atoms with van der Waals surface area (Å²) in [5, 5.41) is 15.5. The molecule has 1 aliphatic rings. The van der Waals surface area contributed by atoms with Gasteiger partial charge in [-0.3, -0.25) is 4.79 Å². The van der Waals surface area contributed by atoms with Gasteiger partial charge in [0.2, 0.25) is 0 Å². The second-order valence-corrected chi connectivity index (χ2v) is 5.93. The molecule has 128 valence electrons. The van der Waals surface area contributed by atoms with E-state index in [2.05, 4.69) is 5.10 Å². The topological polar surface area (TPSA) is 83.1 Å². The minimum atomic E-state index is -1.01. The van der Waals surface area contributed by atoms with Crippen molar-refractivity contribution in [2.45, 2.75) is 6.92 Å². The number of carboxylic acid groups (broad SMARTS) is 1. The van der Waals surface area contributed by atoms with Crippen LogP contribution in [-0.2, 0) is 4.79 Å². The Labute approximate surface area is 148 Å². The van der Waals surface area contributed by atoms with E-state index >= 15 is 0 Å². The molecule has 1 aliphatic heterocycles. The Balaban J connectivity index is 1.66.